The van der Waals surface area contributed by atoms with Gasteiger partial charge in [0.15, 0.2) is 5.76 Å². The second-order valence-corrected chi connectivity index (χ2v) is 6.34. The van der Waals surface area contributed by atoms with Gasteiger partial charge in [-0.05, 0) is 25.1 Å². The lowest BCUT2D eigenvalue weighted by molar-refractivity contribution is -0.142. The number of benzene rings is 1. The summed E-state index contributed by atoms with van der Waals surface area (Å²) in [4.78, 5) is 40.2. The third kappa shape index (κ3) is 4.23. The number of anilines is 1. The SMILES string of the molecule is CCOC(=O)CN1C(=O)CCN(C(=O)c2ccco2)CC(O)c2ccccc21. The number of hydrogen-bond acceptors (Lipinski definition) is 6. The fraction of sp³-hybridized carbons (Fsp3) is 0.350. The zero-order chi connectivity index (χ0) is 20.1. The Morgan fingerprint density at radius 1 is 1.25 bits per heavy atom. The number of furan rings is 1. The molecule has 2 heterocycles. The van der Waals surface area contributed by atoms with Crippen molar-refractivity contribution in [3.63, 3.8) is 0 Å². The van der Waals surface area contributed by atoms with Gasteiger partial charge in [-0.1, -0.05) is 18.2 Å². The number of β-amino-alcohol motifs (C(OH)–C–C–N with tert-alkyl or cyclic N) is 1. The molecule has 8 heteroatoms. The normalized spacial score (nSPS) is 17.4. The van der Waals surface area contributed by atoms with Crippen molar-refractivity contribution in [3.05, 3.63) is 54.0 Å². The minimum Gasteiger partial charge on any atom is -0.465 e. The minimum atomic E-state index is -1.04. The van der Waals surface area contributed by atoms with Gasteiger partial charge in [-0.25, -0.2) is 0 Å². The molecule has 0 saturated carbocycles. The van der Waals surface area contributed by atoms with E-state index in [1.165, 1.54) is 22.1 Å². The highest BCUT2D eigenvalue weighted by Crippen LogP contribution is 2.29. The lowest BCUT2D eigenvalue weighted by atomic mass is 10.1. The number of aliphatic hydroxyl groups is 1. The van der Waals surface area contributed by atoms with E-state index in [4.69, 9.17) is 9.15 Å². The summed E-state index contributed by atoms with van der Waals surface area (Å²) in [6.07, 6.45) is 0.347. The van der Waals surface area contributed by atoms with E-state index in [9.17, 15) is 19.5 Å². The van der Waals surface area contributed by atoms with E-state index >= 15 is 0 Å². The predicted molar refractivity (Wildman–Crippen MR) is 99.6 cm³/mol. The molecule has 0 aliphatic carbocycles. The van der Waals surface area contributed by atoms with Crippen molar-refractivity contribution in [1.82, 2.24) is 4.90 Å². The fourth-order valence-corrected chi connectivity index (χ4v) is 3.16. The third-order valence-corrected chi connectivity index (χ3v) is 4.49. The van der Waals surface area contributed by atoms with Crippen molar-refractivity contribution in [2.75, 3.05) is 31.1 Å². The molecule has 2 aromatic rings. The van der Waals surface area contributed by atoms with Crippen LogP contribution in [0.25, 0.3) is 0 Å². The number of para-hydroxylation sites is 1. The predicted octanol–water partition coefficient (Wildman–Crippen LogP) is 1.76. The van der Waals surface area contributed by atoms with Gasteiger partial charge in [-0.3, -0.25) is 14.4 Å². The molecular weight excluding hydrogens is 364 g/mol. The van der Waals surface area contributed by atoms with Gasteiger partial charge in [0.05, 0.1) is 31.2 Å². The topological polar surface area (TPSA) is 100 Å². The first kappa shape index (κ1) is 19.6. The molecule has 148 valence electrons. The molecule has 1 aromatic carbocycles. The number of ether oxygens (including phenoxy) is 1. The Hall–Kier alpha value is -3.13. The summed E-state index contributed by atoms with van der Waals surface area (Å²) in [6, 6.07) is 9.92. The number of rotatable bonds is 4. The molecule has 0 saturated heterocycles. The quantitative estimate of drug-likeness (QED) is 0.804. The first-order valence-corrected chi connectivity index (χ1v) is 9.07. The second-order valence-electron chi connectivity index (χ2n) is 6.34. The van der Waals surface area contributed by atoms with Crippen LogP contribution in [0, 0.1) is 0 Å². The highest BCUT2D eigenvalue weighted by atomic mass is 16.5. The molecule has 0 spiro atoms. The number of nitrogens with zero attached hydrogens (tertiary/aromatic N) is 2. The lowest BCUT2D eigenvalue weighted by Gasteiger charge is -2.25. The van der Waals surface area contributed by atoms with E-state index in [1.807, 2.05) is 0 Å². The fourth-order valence-electron chi connectivity index (χ4n) is 3.16. The van der Waals surface area contributed by atoms with Gasteiger partial charge in [0, 0.05) is 18.5 Å². The highest BCUT2D eigenvalue weighted by molar-refractivity contribution is 5.99. The van der Waals surface area contributed by atoms with E-state index in [-0.39, 0.29) is 44.3 Å². The van der Waals surface area contributed by atoms with Crippen LogP contribution in [-0.2, 0) is 14.3 Å². The summed E-state index contributed by atoms with van der Waals surface area (Å²) < 4.78 is 10.1. The average Bonchev–Trinajstić information content (AvgIpc) is 3.23. The Labute approximate surface area is 162 Å². The smallest absolute Gasteiger partial charge is 0.326 e. The lowest BCUT2D eigenvalue weighted by Crippen LogP contribution is -2.39. The molecule has 28 heavy (non-hydrogen) atoms. The maximum atomic E-state index is 12.9. The first-order valence-electron chi connectivity index (χ1n) is 9.07. The van der Waals surface area contributed by atoms with Gasteiger partial charge in [-0.2, -0.15) is 0 Å². The van der Waals surface area contributed by atoms with Crippen molar-refractivity contribution in [2.45, 2.75) is 19.4 Å². The van der Waals surface area contributed by atoms with Crippen LogP contribution in [0.4, 0.5) is 5.69 Å². The highest BCUT2D eigenvalue weighted by Gasteiger charge is 2.30. The summed E-state index contributed by atoms with van der Waals surface area (Å²) in [5.74, 6) is -1.15. The molecule has 1 atom stereocenters. The van der Waals surface area contributed by atoms with Gasteiger partial charge in [0.2, 0.25) is 5.91 Å². The molecule has 1 aliphatic rings. The van der Waals surface area contributed by atoms with Crippen molar-refractivity contribution >= 4 is 23.5 Å². The minimum absolute atomic E-state index is 0.00290. The Kier molecular flexibility index (Phi) is 6.10. The molecule has 0 fully saturated rings. The summed E-state index contributed by atoms with van der Waals surface area (Å²) in [5.41, 5.74) is 0.889. The van der Waals surface area contributed by atoms with Gasteiger partial charge in [0.1, 0.15) is 6.54 Å². The molecule has 8 nitrogen and oxygen atoms in total. The number of fused-ring (bicyclic) bond motifs is 1. The van der Waals surface area contributed by atoms with Gasteiger partial charge in [0.25, 0.3) is 5.91 Å². The molecular formula is C20H22N2O6. The van der Waals surface area contributed by atoms with Crippen molar-refractivity contribution < 1.29 is 28.6 Å². The van der Waals surface area contributed by atoms with Crippen LogP contribution in [0.5, 0.6) is 0 Å². The van der Waals surface area contributed by atoms with Crippen LogP contribution in [0.1, 0.15) is 35.6 Å². The van der Waals surface area contributed by atoms with E-state index in [1.54, 1.807) is 37.3 Å². The van der Waals surface area contributed by atoms with E-state index in [0.29, 0.717) is 11.3 Å². The van der Waals surface area contributed by atoms with Crippen LogP contribution in [0.2, 0.25) is 0 Å². The molecule has 1 N–H and O–H groups in total. The van der Waals surface area contributed by atoms with Crippen LogP contribution in [0.3, 0.4) is 0 Å². The molecule has 1 aromatic heterocycles. The standard InChI is InChI=1S/C20H22N2O6/c1-2-27-19(25)13-22-15-7-4-3-6-14(15)16(23)12-21(10-9-18(22)24)20(26)17-8-5-11-28-17/h3-8,11,16,23H,2,9-10,12-13H2,1H3. The average molecular weight is 386 g/mol. The molecule has 2 amide bonds. The van der Waals surface area contributed by atoms with E-state index < -0.39 is 18.0 Å². The molecule has 0 radical (unpaired) electrons. The zero-order valence-corrected chi connectivity index (χ0v) is 15.5. The van der Waals surface area contributed by atoms with Gasteiger partial charge < -0.3 is 24.1 Å². The number of hydrogen-bond donors (Lipinski definition) is 1. The molecule has 1 unspecified atom stereocenters. The maximum absolute atomic E-state index is 12.9. The Balaban J connectivity index is 1.93. The summed E-state index contributed by atoms with van der Waals surface area (Å²) in [6.45, 7) is 1.72. The van der Waals surface area contributed by atoms with Crippen LogP contribution >= 0.6 is 0 Å². The van der Waals surface area contributed by atoms with E-state index in [0.717, 1.165) is 0 Å². The number of carbonyl (C=O) groups is 3. The van der Waals surface area contributed by atoms with Crippen LogP contribution in [0.15, 0.2) is 47.1 Å². The number of amides is 2. The second kappa shape index (κ2) is 8.71. The van der Waals surface area contributed by atoms with Crippen molar-refractivity contribution in [2.24, 2.45) is 0 Å². The number of esters is 1. The van der Waals surface area contributed by atoms with Gasteiger partial charge in [-0.15, -0.1) is 0 Å². The summed E-state index contributed by atoms with van der Waals surface area (Å²) in [5, 5.41) is 10.8. The number of carbonyl (C=O) groups excluding carboxylic acids is 3. The third-order valence-electron chi connectivity index (χ3n) is 4.49. The monoisotopic (exact) mass is 386 g/mol. The zero-order valence-electron chi connectivity index (χ0n) is 15.5. The van der Waals surface area contributed by atoms with Crippen molar-refractivity contribution in [3.8, 4) is 0 Å². The number of aliphatic hydroxyl groups excluding tert-OH is 1. The Morgan fingerprint density at radius 3 is 2.75 bits per heavy atom. The van der Waals surface area contributed by atoms with Gasteiger partial charge >= 0.3 is 5.97 Å². The molecule has 1 aliphatic heterocycles. The summed E-state index contributed by atoms with van der Waals surface area (Å²) >= 11 is 0. The first-order chi connectivity index (χ1) is 13.5. The van der Waals surface area contributed by atoms with Crippen LogP contribution < -0.4 is 4.90 Å². The van der Waals surface area contributed by atoms with Crippen LogP contribution in [-0.4, -0.2) is 54.0 Å². The maximum Gasteiger partial charge on any atom is 0.326 e. The Morgan fingerprint density at radius 2 is 2.04 bits per heavy atom. The molecule has 3 rings (SSSR count). The van der Waals surface area contributed by atoms with E-state index in [2.05, 4.69) is 0 Å². The Bertz CT molecular complexity index is 848. The van der Waals surface area contributed by atoms with Crippen molar-refractivity contribution in [1.29, 1.82) is 0 Å². The molecule has 0 bridgehead atoms. The largest absolute Gasteiger partial charge is 0.465 e. The summed E-state index contributed by atoms with van der Waals surface area (Å²) in [7, 11) is 0.